The van der Waals surface area contributed by atoms with Gasteiger partial charge in [0.15, 0.2) is 6.29 Å². The molecule has 1 fully saturated rings. The lowest BCUT2D eigenvalue weighted by Crippen LogP contribution is -2.49. The van der Waals surface area contributed by atoms with Crippen LogP contribution in [0.4, 0.5) is 23.4 Å². The van der Waals surface area contributed by atoms with Crippen LogP contribution in [0.1, 0.15) is 47.5 Å². The van der Waals surface area contributed by atoms with Gasteiger partial charge in [0.05, 0.1) is 44.6 Å². The molecule has 0 aliphatic carbocycles. The van der Waals surface area contributed by atoms with Crippen LogP contribution in [0.2, 0.25) is 0 Å². The number of halogens is 4. The molecule has 2 heterocycles. The topological polar surface area (TPSA) is 118 Å². The summed E-state index contributed by atoms with van der Waals surface area (Å²) in [5.41, 5.74) is -4.71. The molecular formula is C23H25F4N3O7. The number of anilines is 1. The lowest BCUT2D eigenvalue weighted by atomic mass is 9.93. The fraction of sp³-hybridized carbons (Fsp3) is 0.478. The van der Waals surface area contributed by atoms with Gasteiger partial charge in [-0.1, -0.05) is 12.1 Å². The molecule has 0 bridgehead atoms. The molecule has 0 saturated carbocycles. The van der Waals surface area contributed by atoms with E-state index in [9.17, 15) is 27.2 Å². The van der Waals surface area contributed by atoms with Crippen LogP contribution in [0.3, 0.4) is 0 Å². The Morgan fingerprint density at radius 3 is 2.19 bits per heavy atom. The number of hydrogen-bond donors (Lipinski definition) is 1. The summed E-state index contributed by atoms with van der Waals surface area (Å²) < 4.78 is 80.8. The van der Waals surface area contributed by atoms with E-state index in [-0.39, 0.29) is 41.7 Å². The minimum Gasteiger partial charge on any atom is -0.466 e. The lowest BCUT2D eigenvalue weighted by Gasteiger charge is -2.30. The maximum Gasteiger partial charge on any atom is 0.419 e. The van der Waals surface area contributed by atoms with Crippen molar-refractivity contribution in [3.8, 4) is 0 Å². The van der Waals surface area contributed by atoms with Crippen molar-refractivity contribution in [1.82, 2.24) is 9.97 Å². The van der Waals surface area contributed by atoms with Crippen LogP contribution in [0.25, 0.3) is 0 Å². The van der Waals surface area contributed by atoms with Gasteiger partial charge in [-0.3, -0.25) is 0 Å². The van der Waals surface area contributed by atoms with Crippen molar-refractivity contribution in [1.29, 1.82) is 0 Å². The number of aromatic nitrogens is 2. The molecule has 0 unspecified atom stereocenters. The first kappa shape index (κ1) is 28.2. The Labute approximate surface area is 209 Å². The molecule has 1 aliphatic heterocycles. The molecule has 2 aromatic rings. The standard InChI is InChI=1S/C23H25F4N3O7/c1-11(13-7-6-8-14(16(13)24)23(25,26)27)28-18-15(19-36-9-10-37-19)17(29-12(2)30-18)22(35-5,20(31)33-3)21(32)34-4/h6-8,11,19H,9-10H2,1-5H3,(H,28,29,30)/t11-/m1/s1. The smallest absolute Gasteiger partial charge is 0.419 e. The number of ether oxygens (including phenoxy) is 5. The van der Waals surface area contributed by atoms with Gasteiger partial charge < -0.3 is 29.0 Å². The maximum absolute atomic E-state index is 14.8. The third-order valence-electron chi connectivity index (χ3n) is 5.65. The highest BCUT2D eigenvalue weighted by Crippen LogP contribution is 2.40. The van der Waals surface area contributed by atoms with Crippen LogP contribution >= 0.6 is 0 Å². The van der Waals surface area contributed by atoms with Gasteiger partial charge in [-0.05, 0) is 19.9 Å². The third kappa shape index (κ3) is 5.22. The van der Waals surface area contributed by atoms with Gasteiger partial charge in [-0.25, -0.2) is 23.9 Å². The van der Waals surface area contributed by atoms with Gasteiger partial charge in [0.25, 0.3) is 0 Å². The third-order valence-corrected chi connectivity index (χ3v) is 5.65. The average Bonchev–Trinajstić information content (AvgIpc) is 3.38. The molecular weight excluding hydrogens is 506 g/mol. The quantitative estimate of drug-likeness (QED) is 0.309. The summed E-state index contributed by atoms with van der Waals surface area (Å²) in [6, 6.07) is 1.80. The Hall–Kier alpha value is -3.36. The number of carbonyl (C=O) groups excluding carboxylic acids is 2. The average molecular weight is 531 g/mol. The van der Waals surface area contributed by atoms with E-state index in [0.717, 1.165) is 27.4 Å². The van der Waals surface area contributed by atoms with E-state index in [1.165, 1.54) is 19.9 Å². The van der Waals surface area contributed by atoms with Gasteiger partial charge in [0.2, 0.25) is 0 Å². The first-order chi connectivity index (χ1) is 17.4. The van der Waals surface area contributed by atoms with Crippen molar-refractivity contribution in [2.75, 3.05) is 39.9 Å². The zero-order valence-corrected chi connectivity index (χ0v) is 20.6. The summed E-state index contributed by atoms with van der Waals surface area (Å²) in [7, 11) is 3.10. The molecule has 0 spiro atoms. The van der Waals surface area contributed by atoms with E-state index in [0.29, 0.717) is 6.07 Å². The first-order valence-electron chi connectivity index (χ1n) is 10.9. The zero-order chi connectivity index (χ0) is 27.5. The van der Waals surface area contributed by atoms with E-state index in [2.05, 4.69) is 15.3 Å². The summed E-state index contributed by atoms with van der Waals surface area (Å²) in [6.07, 6.45) is -6.13. The van der Waals surface area contributed by atoms with Crippen molar-refractivity contribution in [2.24, 2.45) is 0 Å². The number of carbonyl (C=O) groups is 2. The molecule has 37 heavy (non-hydrogen) atoms. The Morgan fingerprint density at radius 1 is 1.08 bits per heavy atom. The molecule has 1 aliphatic rings. The zero-order valence-electron chi connectivity index (χ0n) is 20.6. The number of nitrogens with zero attached hydrogens (tertiary/aromatic N) is 2. The summed E-state index contributed by atoms with van der Waals surface area (Å²) in [6.45, 7) is 3.09. The van der Waals surface area contributed by atoms with Gasteiger partial charge in [-0.15, -0.1) is 0 Å². The van der Waals surface area contributed by atoms with Crippen molar-refractivity contribution in [3.63, 3.8) is 0 Å². The second-order valence-corrected chi connectivity index (χ2v) is 7.90. The number of aryl methyl sites for hydroxylation is 1. The summed E-state index contributed by atoms with van der Waals surface area (Å²) in [5, 5.41) is 2.84. The number of alkyl halides is 3. The molecule has 1 saturated heterocycles. The molecule has 1 N–H and O–H groups in total. The van der Waals surface area contributed by atoms with Gasteiger partial charge >= 0.3 is 23.7 Å². The van der Waals surface area contributed by atoms with Crippen molar-refractivity contribution >= 4 is 17.8 Å². The lowest BCUT2D eigenvalue weighted by molar-refractivity contribution is -0.187. The van der Waals surface area contributed by atoms with Crippen LogP contribution in [-0.2, 0) is 45.1 Å². The van der Waals surface area contributed by atoms with Crippen LogP contribution in [0, 0.1) is 12.7 Å². The first-order valence-corrected chi connectivity index (χ1v) is 10.9. The number of rotatable bonds is 8. The molecule has 1 aromatic carbocycles. The van der Waals surface area contributed by atoms with Crippen molar-refractivity contribution in [3.05, 3.63) is 52.2 Å². The van der Waals surface area contributed by atoms with E-state index in [4.69, 9.17) is 23.7 Å². The molecule has 0 amide bonds. The number of hydrogen-bond acceptors (Lipinski definition) is 10. The largest absolute Gasteiger partial charge is 0.466 e. The summed E-state index contributed by atoms with van der Waals surface area (Å²) >= 11 is 0. The van der Waals surface area contributed by atoms with Crippen LogP contribution in [0.5, 0.6) is 0 Å². The van der Waals surface area contributed by atoms with E-state index < -0.39 is 47.4 Å². The summed E-state index contributed by atoms with van der Waals surface area (Å²) in [4.78, 5) is 34.3. The highest BCUT2D eigenvalue weighted by atomic mass is 19.4. The maximum atomic E-state index is 14.8. The number of nitrogens with one attached hydrogen (secondary N) is 1. The van der Waals surface area contributed by atoms with Gasteiger partial charge in [-0.2, -0.15) is 13.2 Å². The second-order valence-electron chi connectivity index (χ2n) is 7.90. The molecule has 202 valence electrons. The normalized spacial score (nSPS) is 15.4. The number of methoxy groups -OCH3 is 3. The SMILES string of the molecule is COC(=O)C(OC)(C(=O)OC)c1nc(C)nc(N[C@H](C)c2cccc(C(F)(F)F)c2F)c1C1OCCO1. The van der Waals surface area contributed by atoms with Gasteiger partial charge in [0.1, 0.15) is 23.2 Å². The molecule has 14 heteroatoms. The molecule has 10 nitrogen and oxygen atoms in total. The van der Waals surface area contributed by atoms with Crippen LogP contribution in [-0.4, -0.2) is 56.4 Å². The Kier molecular flexibility index (Phi) is 8.35. The van der Waals surface area contributed by atoms with Crippen molar-refractivity contribution < 1.29 is 50.8 Å². The Balaban J connectivity index is 2.23. The molecule has 1 atom stereocenters. The molecule has 1 aromatic heterocycles. The van der Waals surface area contributed by atoms with E-state index in [1.54, 1.807) is 0 Å². The van der Waals surface area contributed by atoms with Crippen molar-refractivity contribution in [2.45, 2.75) is 38.0 Å². The van der Waals surface area contributed by atoms with Crippen LogP contribution < -0.4 is 5.32 Å². The van der Waals surface area contributed by atoms with Gasteiger partial charge in [0, 0.05) is 12.7 Å². The second kappa shape index (κ2) is 10.9. The highest BCUT2D eigenvalue weighted by molar-refractivity contribution is 6.04. The summed E-state index contributed by atoms with van der Waals surface area (Å²) in [5.74, 6) is -3.91. The minimum absolute atomic E-state index is 0.0187. The fourth-order valence-corrected chi connectivity index (χ4v) is 3.92. The molecule has 0 radical (unpaired) electrons. The monoisotopic (exact) mass is 531 g/mol. The fourth-order valence-electron chi connectivity index (χ4n) is 3.92. The highest BCUT2D eigenvalue weighted by Gasteiger charge is 2.55. The minimum atomic E-state index is -4.91. The van der Waals surface area contributed by atoms with E-state index in [1.807, 2.05) is 0 Å². The Bertz CT molecular complexity index is 1150. The predicted molar refractivity (Wildman–Crippen MR) is 118 cm³/mol. The van der Waals surface area contributed by atoms with Crippen LogP contribution in [0.15, 0.2) is 18.2 Å². The number of esters is 2. The number of benzene rings is 1. The molecule has 3 rings (SSSR count). The van der Waals surface area contributed by atoms with E-state index >= 15 is 0 Å². The Morgan fingerprint density at radius 2 is 1.68 bits per heavy atom. The predicted octanol–water partition coefficient (Wildman–Crippen LogP) is 3.35.